The van der Waals surface area contributed by atoms with E-state index in [0.29, 0.717) is 5.82 Å². The van der Waals surface area contributed by atoms with E-state index in [1.54, 1.807) is 13.4 Å². The lowest BCUT2D eigenvalue weighted by molar-refractivity contribution is 0.420. The molecule has 2 aromatic heterocycles. The maximum absolute atomic E-state index is 5.84. The minimum atomic E-state index is 0.452. The summed E-state index contributed by atoms with van der Waals surface area (Å²) in [6.07, 6.45) is 1.61. The van der Waals surface area contributed by atoms with Crippen molar-refractivity contribution in [2.75, 3.05) is 12.8 Å². The Kier molecular flexibility index (Phi) is 1.73. The van der Waals surface area contributed by atoms with E-state index in [2.05, 4.69) is 15.0 Å². The van der Waals surface area contributed by atoms with Gasteiger partial charge in [-0.1, -0.05) is 6.07 Å². The van der Waals surface area contributed by atoms with Gasteiger partial charge < -0.3 is 15.5 Å². The van der Waals surface area contributed by atoms with Gasteiger partial charge >= 0.3 is 0 Å². The van der Waals surface area contributed by atoms with Crippen LogP contribution in [0.25, 0.3) is 21.9 Å². The minimum Gasteiger partial charge on any atom is -0.496 e. The van der Waals surface area contributed by atoms with Crippen LogP contribution in [0.5, 0.6) is 5.75 Å². The molecule has 0 saturated carbocycles. The summed E-state index contributed by atoms with van der Waals surface area (Å²) in [4.78, 5) is 11.5. The molecule has 0 aliphatic heterocycles. The molecule has 0 saturated heterocycles. The highest BCUT2D eigenvalue weighted by Crippen LogP contribution is 2.31. The molecule has 0 atom stereocenters. The third kappa shape index (κ3) is 1.05. The van der Waals surface area contributed by atoms with Crippen molar-refractivity contribution in [2.24, 2.45) is 0 Å². The predicted octanol–water partition coefficient (Wildman–Crippen LogP) is 1.70. The zero-order valence-corrected chi connectivity index (χ0v) is 8.69. The number of anilines is 1. The number of nitrogens with two attached hydrogens (primary N) is 1. The van der Waals surface area contributed by atoms with E-state index in [-0.39, 0.29) is 0 Å². The van der Waals surface area contributed by atoms with Crippen molar-refractivity contribution >= 4 is 27.8 Å². The molecule has 5 nitrogen and oxygen atoms in total. The molecule has 3 N–H and O–H groups in total. The number of hydrogen-bond acceptors (Lipinski definition) is 4. The SMILES string of the molecule is COc1cccc2nc(N)c3[nH]cnc3c12. The Labute approximate surface area is 91.3 Å². The number of nitrogens with zero attached hydrogens (tertiary/aromatic N) is 2. The summed E-state index contributed by atoms with van der Waals surface area (Å²) in [5.74, 6) is 1.20. The monoisotopic (exact) mass is 214 g/mol. The van der Waals surface area contributed by atoms with Gasteiger partial charge in [0, 0.05) is 0 Å². The Morgan fingerprint density at radius 2 is 2.25 bits per heavy atom. The normalized spacial score (nSPS) is 11.1. The van der Waals surface area contributed by atoms with Crippen LogP contribution in [0.4, 0.5) is 5.82 Å². The van der Waals surface area contributed by atoms with Gasteiger partial charge in [0.1, 0.15) is 22.6 Å². The number of methoxy groups -OCH3 is 1. The first-order valence-corrected chi connectivity index (χ1v) is 4.86. The number of imidazole rings is 1. The van der Waals surface area contributed by atoms with Crippen LogP contribution in [0.1, 0.15) is 0 Å². The van der Waals surface area contributed by atoms with Gasteiger partial charge in [-0.15, -0.1) is 0 Å². The molecule has 3 aromatic rings. The minimum absolute atomic E-state index is 0.452. The zero-order chi connectivity index (χ0) is 11.1. The Morgan fingerprint density at radius 3 is 3.06 bits per heavy atom. The molecular weight excluding hydrogens is 204 g/mol. The number of H-pyrrole nitrogens is 1. The number of pyridine rings is 1. The molecule has 0 bridgehead atoms. The van der Waals surface area contributed by atoms with Crippen LogP contribution < -0.4 is 10.5 Å². The number of nitrogen functional groups attached to an aromatic ring is 1. The number of ether oxygens (including phenoxy) is 1. The van der Waals surface area contributed by atoms with Gasteiger partial charge in [-0.05, 0) is 12.1 Å². The smallest absolute Gasteiger partial charge is 0.150 e. The van der Waals surface area contributed by atoms with Crippen molar-refractivity contribution < 1.29 is 4.74 Å². The highest BCUT2D eigenvalue weighted by Gasteiger charge is 2.11. The van der Waals surface area contributed by atoms with Gasteiger partial charge in [0.2, 0.25) is 0 Å². The summed E-state index contributed by atoms with van der Waals surface area (Å²) in [5.41, 5.74) is 8.16. The van der Waals surface area contributed by atoms with Crippen molar-refractivity contribution in [3.63, 3.8) is 0 Å². The Bertz CT molecular complexity index is 674. The Morgan fingerprint density at radius 1 is 1.38 bits per heavy atom. The second-order valence-corrected chi connectivity index (χ2v) is 3.48. The summed E-state index contributed by atoms with van der Waals surface area (Å²) in [6.45, 7) is 0. The predicted molar refractivity (Wildman–Crippen MR) is 62.4 cm³/mol. The summed E-state index contributed by atoms with van der Waals surface area (Å²) >= 11 is 0. The van der Waals surface area contributed by atoms with Gasteiger partial charge in [-0.2, -0.15) is 0 Å². The third-order valence-corrected chi connectivity index (χ3v) is 2.60. The largest absolute Gasteiger partial charge is 0.496 e. The zero-order valence-electron chi connectivity index (χ0n) is 8.69. The molecule has 0 radical (unpaired) electrons. The van der Waals surface area contributed by atoms with Crippen molar-refractivity contribution in [3.05, 3.63) is 24.5 Å². The molecule has 1 aromatic carbocycles. The first-order chi connectivity index (χ1) is 7.81. The second-order valence-electron chi connectivity index (χ2n) is 3.48. The van der Waals surface area contributed by atoms with Crippen molar-refractivity contribution in [1.82, 2.24) is 15.0 Å². The fraction of sp³-hybridized carbons (Fsp3) is 0.0909. The van der Waals surface area contributed by atoms with Crippen LogP contribution >= 0.6 is 0 Å². The third-order valence-electron chi connectivity index (χ3n) is 2.60. The van der Waals surface area contributed by atoms with Crippen molar-refractivity contribution in [3.8, 4) is 5.75 Å². The fourth-order valence-corrected chi connectivity index (χ4v) is 1.89. The van der Waals surface area contributed by atoms with Crippen LogP contribution in [0, 0.1) is 0 Å². The van der Waals surface area contributed by atoms with Crippen LogP contribution in [-0.4, -0.2) is 22.1 Å². The van der Waals surface area contributed by atoms with Gasteiger partial charge in [-0.3, -0.25) is 0 Å². The van der Waals surface area contributed by atoms with Crippen LogP contribution in [0.2, 0.25) is 0 Å². The van der Waals surface area contributed by atoms with Gasteiger partial charge in [-0.25, -0.2) is 9.97 Å². The van der Waals surface area contributed by atoms with E-state index in [1.807, 2.05) is 18.2 Å². The lowest BCUT2D eigenvalue weighted by atomic mass is 10.1. The van der Waals surface area contributed by atoms with E-state index in [4.69, 9.17) is 10.5 Å². The summed E-state index contributed by atoms with van der Waals surface area (Å²) in [7, 11) is 1.63. The molecule has 0 amide bonds. The topological polar surface area (TPSA) is 76.8 Å². The molecule has 0 spiro atoms. The lowest BCUT2D eigenvalue weighted by Crippen LogP contribution is -1.94. The van der Waals surface area contributed by atoms with Crippen LogP contribution in [0.3, 0.4) is 0 Å². The van der Waals surface area contributed by atoms with Crippen LogP contribution in [0.15, 0.2) is 24.5 Å². The van der Waals surface area contributed by atoms with E-state index in [9.17, 15) is 0 Å². The molecule has 0 unspecified atom stereocenters. The maximum atomic E-state index is 5.84. The van der Waals surface area contributed by atoms with E-state index in [0.717, 1.165) is 27.7 Å². The molecule has 5 heteroatoms. The van der Waals surface area contributed by atoms with E-state index < -0.39 is 0 Å². The highest BCUT2D eigenvalue weighted by molar-refractivity contribution is 6.08. The van der Waals surface area contributed by atoms with Gasteiger partial charge in [0.15, 0.2) is 0 Å². The number of nitrogens with one attached hydrogen (secondary N) is 1. The quantitative estimate of drug-likeness (QED) is 0.646. The summed E-state index contributed by atoms with van der Waals surface area (Å²) < 4.78 is 5.31. The first kappa shape index (κ1) is 8.96. The maximum Gasteiger partial charge on any atom is 0.150 e. The molecule has 80 valence electrons. The van der Waals surface area contributed by atoms with Gasteiger partial charge in [0.05, 0.1) is 24.3 Å². The molecule has 0 aliphatic carbocycles. The van der Waals surface area contributed by atoms with E-state index in [1.165, 1.54) is 0 Å². The number of aromatic nitrogens is 3. The lowest BCUT2D eigenvalue weighted by Gasteiger charge is -2.06. The summed E-state index contributed by atoms with van der Waals surface area (Å²) in [5, 5.41) is 0.885. The number of benzene rings is 1. The van der Waals surface area contributed by atoms with E-state index >= 15 is 0 Å². The molecular formula is C11H10N4O. The average molecular weight is 214 g/mol. The molecule has 16 heavy (non-hydrogen) atoms. The van der Waals surface area contributed by atoms with Gasteiger partial charge in [0.25, 0.3) is 0 Å². The Hall–Kier alpha value is -2.30. The molecule has 0 fully saturated rings. The number of rotatable bonds is 1. The average Bonchev–Trinajstić information content (AvgIpc) is 2.77. The summed E-state index contributed by atoms with van der Waals surface area (Å²) in [6, 6.07) is 5.66. The molecule has 3 rings (SSSR count). The number of fused-ring (bicyclic) bond motifs is 3. The number of hydrogen-bond donors (Lipinski definition) is 2. The number of aromatic amines is 1. The highest BCUT2D eigenvalue weighted by atomic mass is 16.5. The standard InChI is InChI=1S/C11H10N4O/c1-16-7-4-2-3-6-8(7)9-10(11(12)15-6)14-5-13-9/h2-5H,1H3,(H2,12,15)(H,13,14). The molecule has 2 heterocycles. The Balaban J connectivity index is 2.60. The van der Waals surface area contributed by atoms with Crippen LogP contribution in [-0.2, 0) is 0 Å². The fourth-order valence-electron chi connectivity index (χ4n) is 1.89. The van der Waals surface area contributed by atoms with Crippen molar-refractivity contribution in [1.29, 1.82) is 0 Å². The second kappa shape index (κ2) is 3.10. The van der Waals surface area contributed by atoms with Crippen molar-refractivity contribution in [2.45, 2.75) is 0 Å². The molecule has 0 aliphatic rings. The first-order valence-electron chi connectivity index (χ1n) is 4.86.